The van der Waals surface area contributed by atoms with E-state index in [0.717, 1.165) is 5.56 Å². The molecule has 2 unspecified atom stereocenters. The number of benzene rings is 1. The number of carboxylic acid groups (broad SMARTS) is 1. The van der Waals surface area contributed by atoms with Crippen molar-refractivity contribution in [1.29, 1.82) is 0 Å². The fraction of sp³-hybridized carbons (Fsp3) is 0.500. The second-order valence-electron chi connectivity index (χ2n) is 5.14. The molecule has 1 N–H and O–H groups in total. The lowest BCUT2D eigenvalue weighted by Crippen LogP contribution is -2.32. The van der Waals surface area contributed by atoms with Crippen LogP contribution in [0.25, 0.3) is 0 Å². The van der Waals surface area contributed by atoms with Gasteiger partial charge in [-0.05, 0) is 37.6 Å². The van der Waals surface area contributed by atoms with Gasteiger partial charge in [-0.15, -0.1) is 13.2 Å². The van der Waals surface area contributed by atoms with Gasteiger partial charge in [-0.3, -0.25) is 9.69 Å². The van der Waals surface area contributed by atoms with Crippen molar-refractivity contribution in [1.82, 2.24) is 4.90 Å². The maximum absolute atomic E-state index is 12.1. The Balaban J connectivity index is 1.97. The van der Waals surface area contributed by atoms with Crippen LogP contribution in [0.2, 0.25) is 0 Å². The van der Waals surface area contributed by atoms with Gasteiger partial charge in [0.25, 0.3) is 0 Å². The van der Waals surface area contributed by atoms with Crippen LogP contribution in [0.15, 0.2) is 24.3 Å². The van der Waals surface area contributed by atoms with Gasteiger partial charge in [-0.2, -0.15) is 0 Å². The molecule has 0 saturated carbocycles. The van der Waals surface area contributed by atoms with Crippen molar-refractivity contribution in [2.75, 3.05) is 6.54 Å². The van der Waals surface area contributed by atoms with Gasteiger partial charge in [0.1, 0.15) is 5.75 Å². The lowest BCUT2D eigenvalue weighted by Gasteiger charge is -2.23. The zero-order valence-corrected chi connectivity index (χ0v) is 11.4. The van der Waals surface area contributed by atoms with Gasteiger partial charge in [0.15, 0.2) is 0 Å². The predicted octanol–water partition coefficient (Wildman–Crippen LogP) is 2.88. The summed E-state index contributed by atoms with van der Waals surface area (Å²) in [6, 6.07) is 5.55. The highest BCUT2D eigenvalue weighted by atomic mass is 19.4. The molecular formula is C14H16F3NO3. The molecule has 7 heteroatoms. The molecule has 1 heterocycles. The third kappa shape index (κ3) is 4.10. The van der Waals surface area contributed by atoms with E-state index in [9.17, 15) is 18.0 Å². The maximum atomic E-state index is 12.1. The number of aliphatic carboxylic acids is 1. The van der Waals surface area contributed by atoms with Crippen LogP contribution < -0.4 is 4.74 Å². The van der Waals surface area contributed by atoms with Crippen LogP contribution >= 0.6 is 0 Å². The van der Waals surface area contributed by atoms with Crippen molar-refractivity contribution < 1.29 is 27.8 Å². The molecule has 1 aliphatic rings. The Labute approximate surface area is 120 Å². The molecule has 0 spiro atoms. The molecule has 4 nitrogen and oxygen atoms in total. The highest BCUT2D eigenvalue weighted by molar-refractivity contribution is 5.71. The third-order valence-electron chi connectivity index (χ3n) is 3.75. The zero-order chi connectivity index (χ0) is 15.6. The number of rotatable bonds is 4. The Morgan fingerprint density at radius 3 is 2.48 bits per heavy atom. The van der Waals surface area contributed by atoms with Gasteiger partial charge in [-0.25, -0.2) is 0 Å². The molecule has 0 bridgehead atoms. The molecule has 0 aliphatic carbocycles. The summed E-state index contributed by atoms with van der Waals surface area (Å²) < 4.78 is 40.0. The number of alkyl halides is 3. The average molecular weight is 303 g/mol. The summed E-state index contributed by atoms with van der Waals surface area (Å²) in [6.07, 6.45) is -4.11. The van der Waals surface area contributed by atoms with Crippen LogP contribution in [0.1, 0.15) is 18.9 Å². The third-order valence-corrected chi connectivity index (χ3v) is 3.75. The van der Waals surface area contributed by atoms with Gasteiger partial charge in [-0.1, -0.05) is 12.1 Å². The summed E-state index contributed by atoms with van der Waals surface area (Å²) in [5.41, 5.74) is 0.822. The Kier molecular flexibility index (Phi) is 4.41. The van der Waals surface area contributed by atoms with E-state index in [1.165, 1.54) is 12.1 Å². The summed E-state index contributed by atoms with van der Waals surface area (Å²) in [7, 11) is 0. The lowest BCUT2D eigenvalue weighted by atomic mass is 10.0. The Hall–Kier alpha value is -1.76. The fourth-order valence-corrected chi connectivity index (χ4v) is 2.59. The van der Waals surface area contributed by atoms with Gasteiger partial charge in [0, 0.05) is 12.6 Å². The largest absolute Gasteiger partial charge is 0.573 e. The van der Waals surface area contributed by atoms with Crippen molar-refractivity contribution in [2.45, 2.75) is 32.3 Å². The molecule has 116 valence electrons. The summed E-state index contributed by atoms with van der Waals surface area (Å²) in [5.74, 6) is -1.46. The van der Waals surface area contributed by atoms with E-state index >= 15 is 0 Å². The number of likely N-dealkylation sites (tertiary alicyclic amines) is 1. The van der Waals surface area contributed by atoms with Crippen LogP contribution in [0.4, 0.5) is 13.2 Å². The van der Waals surface area contributed by atoms with Crippen molar-refractivity contribution in [3.8, 4) is 5.75 Å². The molecule has 0 amide bonds. The van der Waals surface area contributed by atoms with E-state index in [-0.39, 0.29) is 11.8 Å². The van der Waals surface area contributed by atoms with E-state index in [1.807, 2.05) is 11.8 Å². The zero-order valence-electron chi connectivity index (χ0n) is 11.4. The van der Waals surface area contributed by atoms with Crippen molar-refractivity contribution in [3.63, 3.8) is 0 Å². The summed E-state index contributed by atoms with van der Waals surface area (Å²) in [4.78, 5) is 13.1. The molecule has 0 aromatic heterocycles. The van der Waals surface area contributed by atoms with E-state index in [2.05, 4.69) is 4.74 Å². The molecule has 1 aromatic rings. The summed E-state index contributed by atoms with van der Waals surface area (Å²) in [5, 5.41) is 9.06. The first-order valence-corrected chi connectivity index (χ1v) is 6.58. The highest BCUT2D eigenvalue weighted by Crippen LogP contribution is 2.27. The second kappa shape index (κ2) is 5.93. The van der Waals surface area contributed by atoms with E-state index in [4.69, 9.17) is 5.11 Å². The molecule has 1 fully saturated rings. The molecule has 2 atom stereocenters. The number of hydrogen-bond donors (Lipinski definition) is 1. The average Bonchev–Trinajstić information content (AvgIpc) is 2.72. The standard InChI is InChI=1S/C14H16F3NO3/c1-9-12(13(19)20)6-7-18(9)8-10-2-4-11(5-3-10)21-14(15,16)17/h2-5,9,12H,6-8H2,1H3,(H,19,20). The highest BCUT2D eigenvalue weighted by Gasteiger charge is 2.35. The number of carboxylic acids is 1. The summed E-state index contributed by atoms with van der Waals surface area (Å²) >= 11 is 0. The summed E-state index contributed by atoms with van der Waals surface area (Å²) in [6.45, 7) is 3.03. The maximum Gasteiger partial charge on any atom is 0.573 e. The fourth-order valence-electron chi connectivity index (χ4n) is 2.59. The monoisotopic (exact) mass is 303 g/mol. The molecule has 0 radical (unpaired) electrons. The normalized spacial score (nSPS) is 23.2. The molecule has 1 aliphatic heterocycles. The lowest BCUT2D eigenvalue weighted by molar-refractivity contribution is -0.274. The van der Waals surface area contributed by atoms with Gasteiger partial charge in [0.2, 0.25) is 0 Å². The van der Waals surface area contributed by atoms with Crippen LogP contribution in [-0.4, -0.2) is 34.9 Å². The van der Waals surface area contributed by atoms with Crippen LogP contribution in [-0.2, 0) is 11.3 Å². The molecular weight excluding hydrogens is 287 g/mol. The van der Waals surface area contributed by atoms with E-state index in [1.54, 1.807) is 12.1 Å². The minimum absolute atomic E-state index is 0.0893. The van der Waals surface area contributed by atoms with E-state index in [0.29, 0.717) is 19.5 Å². The Bertz CT molecular complexity index is 501. The number of ether oxygens (including phenoxy) is 1. The number of nitrogens with zero attached hydrogens (tertiary/aromatic N) is 1. The number of carbonyl (C=O) groups is 1. The second-order valence-corrected chi connectivity index (χ2v) is 5.14. The van der Waals surface area contributed by atoms with Crippen LogP contribution in [0.5, 0.6) is 5.75 Å². The topological polar surface area (TPSA) is 49.8 Å². The predicted molar refractivity (Wildman–Crippen MR) is 68.7 cm³/mol. The van der Waals surface area contributed by atoms with Crippen molar-refractivity contribution >= 4 is 5.97 Å². The quantitative estimate of drug-likeness (QED) is 0.929. The number of halogens is 3. The van der Waals surface area contributed by atoms with Crippen LogP contribution in [0, 0.1) is 5.92 Å². The molecule has 2 rings (SSSR count). The van der Waals surface area contributed by atoms with Gasteiger partial charge in [0.05, 0.1) is 5.92 Å². The number of hydrogen-bond acceptors (Lipinski definition) is 3. The Morgan fingerprint density at radius 2 is 2.00 bits per heavy atom. The first kappa shape index (κ1) is 15.6. The van der Waals surface area contributed by atoms with Crippen LogP contribution in [0.3, 0.4) is 0 Å². The van der Waals surface area contributed by atoms with Gasteiger partial charge < -0.3 is 9.84 Å². The smallest absolute Gasteiger partial charge is 0.481 e. The Morgan fingerprint density at radius 1 is 1.38 bits per heavy atom. The first-order chi connectivity index (χ1) is 9.76. The van der Waals surface area contributed by atoms with Gasteiger partial charge >= 0.3 is 12.3 Å². The van der Waals surface area contributed by atoms with E-state index < -0.39 is 18.2 Å². The SMILES string of the molecule is CC1C(C(=O)O)CCN1Cc1ccc(OC(F)(F)F)cc1. The van der Waals surface area contributed by atoms with Crippen molar-refractivity contribution in [3.05, 3.63) is 29.8 Å². The molecule has 1 aromatic carbocycles. The minimum Gasteiger partial charge on any atom is -0.481 e. The molecule has 1 saturated heterocycles. The first-order valence-electron chi connectivity index (χ1n) is 6.58. The molecule has 21 heavy (non-hydrogen) atoms. The minimum atomic E-state index is -4.69. The van der Waals surface area contributed by atoms with Crippen molar-refractivity contribution in [2.24, 2.45) is 5.92 Å².